The van der Waals surface area contributed by atoms with Gasteiger partial charge in [0.1, 0.15) is 11.5 Å². The first-order valence-electron chi connectivity index (χ1n) is 10.7. The number of hydrogen-bond acceptors (Lipinski definition) is 3. The van der Waals surface area contributed by atoms with E-state index in [1.54, 1.807) is 39.0 Å². The molecule has 0 bridgehead atoms. The number of carbonyl (C=O) groups is 3. The first-order valence-corrected chi connectivity index (χ1v) is 10.7. The van der Waals surface area contributed by atoms with Gasteiger partial charge in [-0.3, -0.25) is 19.3 Å². The van der Waals surface area contributed by atoms with Gasteiger partial charge in [-0.1, -0.05) is 18.2 Å². The zero-order valence-corrected chi connectivity index (χ0v) is 17.4. The molecule has 3 aliphatic heterocycles. The van der Waals surface area contributed by atoms with Crippen molar-refractivity contribution in [2.24, 2.45) is 0 Å². The zero-order chi connectivity index (χ0) is 21.8. The summed E-state index contributed by atoms with van der Waals surface area (Å²) in [5.74, 6) is -0.687. The lowest BCUT2D eigenvalue weighted by Crippen LogP contribution is -2.62. The third-order valence-corrected chi connectivity index (χ3v) is 6.76. The van der Waals surface area contributed by atoms with E-state index in [4.69, 9.17) is 0 Å². The molecule has 6 nitrogen and oxygen atoms in total. The van der Waals surface area contributed by atoms with Crippen LogP contribution in [0.15, 0.2) is 42.5 Å². The SMILES string of the molecule is CC12CCC(=O)N1c1ccccc1C(=O)N2CCC(=O)N1CCCc2ccc(F)cc21. The summed E-state index contributed by atoms with van der Waals surface area (Å²) in [5, 5.41) is 0. The van der Waals surface area contributed by atoms with Crippen LogP contribution in [0, 0.1) is 5.82 Å². The van der Waals surface area contributed by atoms with Crippen molar-refractivity contribution in [3.05, 3.63) is 59.4 Å². The first kappa shape index (κ1) is 19.7. The molecule has 0 N–H and O–H groups in total. The number of fused-ring (bicyclic) bond motifs is 4. The minimum Gasteiger partial charge on any atom is -0.315 e. The van der Waals surface area contributed by atoms with E-state index in [0.29, 0.717) is 36.3 Å². The summed E-state index contributed by atoms with van der Waals surface area (Å²) in [6, 6.07) is 11.7. The molecule has 2 aromatic rings. The lowest BCUT2D eigenvalue weighted by molar-refractivity contribution is -0.119. The number of halogens is 1. The van der Waals surface area contributed by atoms with Gasteiger partial charge in [-0.05, 0) is 56.0 Å². The van der Waals surface area contributed by atoms with Crippen molar-refractivity contribution < 1.29 is 18.8 Å². The van der Waals surface area contributed by atoms with Crippen molar-refractivity contribution in [3.63, 3.8) is 0 Å². The molecule has 7 heteroatoms. The number of amides is 3. The lowest BCUT2D eigenvalue weighted by Gasteiger charge is -2.48. The van der Waals surface area contributed by atoms with Crippen LogP contribution in [0.3, 0.4) is 0 Å². The van der Waals surface area contributed by atoms with Crippen LogP contribution in [0.5, 0.6) is 0 Å². The molecule has 160 valence electrons. The molecule has 0 spiro atoms. The molecule has 2 aromatic carbocycles. The molecule has 3 heterocycles. The summed E-state index contributed by atoms with van der Waals surface area (Å²) in [6.07, 6.45) is 2.64. The highest BCUT2D eigenvalue weighted by Crippen LogP contribution is 2.44. The minimum absolute atomic E-state index is 0.0146. The van der Waals surface area contributed by atoms with Crippen LogP contribution in [0.4, 0.5) is 15.8 Å². The Hall–Kier alpha value is -3.22. The van der Waals surface area contributed by atoms with E-state index in [9.17, 15) is 18.8 Å². The van der Waals surface area contributed by atoms with Crippen LogP contribution in [0.25, 0.3) is 0 Å². The average Bonchev–Trinajstić information content (AvgIpc) is 3.08. The Bertz CT molecular complexity index is 1100. The molecule has 1 saturated heterocycles. The number of carbonyl (C=O) groups excluding carboxylic acids is 3. The van der Waals surface area contributed by atoms with Crippen molar-refractivity contribution in [2.45, 2.75) is 44.7 Å². The third-order valence-electron chi connectivity index (χ3n) is 6.76. The minimum atomic E-state index is -0.783. The predicted molar refractivity (Wildman–Crippen MR) is 114 cm³/mol. The fourth-order valence-electron chi connectivity index (χ4n) is 5.19. The Morgan fingerprint density at radius 2 is 1.90 bits per heavy atom. The van der Waals surface area contributed by atoms with Crippen molar-refractivity contribution in [2.75, 3.05) is 22.9 Å². The second-order valence-corrected chi connectivity index (χ2v) is 8.59. The monoisotopic (exact) mass is 421 g/mol. The van der Waals surface area contributed by atoms with Crippen molar-refractivity contribution in [3.8, 4) is 0 Å². The van der Waals surface area contributed by atoms with Gasteiger partial charge in [0.05, 0.1) is 11.3 Å². The quantitative estimate of drug-likeness (QED) is 0.762. The summed E-state index contributed by atoms with van der Waals surface area (Å²) in [5.41, 5.74) is 1.92. The molecular formula is C24H24FN3O3. The average molecular weight is 421 g/mol. The summed E-state index contributed by atoms with van der Waals surface area (Å²) < 4.78 is 13.8. The fraction of sp³-hybridized carbons (Fsp3) is 0.375. The summed E-state index contributed by atoms with van der Waals surface area (Å²) in [7, 11) is 0. The highest BCUT2D eigenvalue weighted by Gasteiger charge is 2.52. The molecule has 0 aliphatic carbocycles. The van der Waals surface area contributed by atoms with E-state index in [2.05, 4.69) is 0 Å². The van der Waals surface area contributed by atoms with Gasteiger partial charge in [0.15, 0.2) is 0 Å². The summed E-state index contributed by atoms with van der Waals surface area (Å²) in [6.45, 7) is 2.63. The smallest absolute Gasteiger partial charge is 0.257 e. The lowest BCUT2D eigenvalue weighted by atomic mass is 9.97. The molecular weight excluding hydrogens is 397 g/mol. The zero-order valence-electron chi connectivity index (χ0n) is 17.4. The maximum Gasteiger partial charge on any atom is 0.257 e. The number of para-hydroxylation sites is 1. The molecule has 0 saturated carbocycles. The molecule has 5 rings (SSSR count). The largest absolute Gasteiger partial charge is 0.315 e. The molecule has 31 heavy (non-hydrogen) atoms. The molecule has 1 fully saturated rings. The maximum absolute atomic E-state index is 13.8. The van der Waals surface area contributed by atoms with Crippen molar-refractivity contribution in [1.29, 1.82) is 0 Å². The topological polar surface area (TPSA) is 60.9 Å². The number of rotatable bonds is 3. The van der Waals surface area contributed by atoms with Gasteiger partial charge in [0.25, 0.3) is 5.91 Å². The van der Waals surface area contributed by atoms with E-state index in [0.717, 1.165) is 18.4 Å². The van der Waals surface area contributed by atoms with E-state index in [1.807, 2.05) is 13.0 Å². The van der Waals surface area contributed by atoms with E-state index in [1.165, 1.54) is 12.1 Å². The Kier molecular flexibility index (Phi) is 4.57. The van der Waals surface area contributed by atoms with E-state index < -0.39 is 5.66 Å². The molecule has 1 atom stereocenters. The predicted octanol–water partition coefficient (Wildman–Crippen LogP) is 3.49. The Morgan fingerprint density at radius 3 is 2.74 bits per heavy atom. The normalized spacial score (nSPS) is 22.3. The van der Waals surface area contributed by atoms with E-state index in [-0.39, 0.29) is 36.5 Å². The standard InChI is InChI=1S/C24H24FN3O3/c1-24-12-10-22(30)28(24)19-7-3-2-6-18(19)23(31)27(24)14-11-21(29)26-13-4-5-16-8-9-17(25)15-20(16)26/h2-3,6-9,15H,4-5,10-14H2,1H3. The number of hydrogen-bond donors (Lipinski definition) is 0. The highest BCUT2D eigenvalue weighted by molar-refractivity contribution is 6.10. The fourth-order valence-corrected chi connectivity index (χ4v) is 5.19. The van der Waals surface area contributed by atoms with Gasteiger partial charge >= 0.3 is 0 Å². The second-order valence-electron chi connectivity index (χ2n) is 8.59. The summed E-state index contributed by atoms with van der Waals surface area (Å²) in [4.78, 5) is 44.1. The first-order chi connectivity index (χ1) is 14.9. The van der Waals surface area contributed by atoms with E-state index >= 15 is 0 Å². The maximum atomic E-state index is 13.8. The van der Waals surface area contributed by atoms with Crippen LogP contribution in [0.2, 0.25) is 0 Å². The van der Waals surface area contributed by atoms with Crippen LogP contribution >= 0.6 is 0 Å². The van der Waals surface area contributed by atoms with Gasteiger partial charge in [0.2, 0.25) is 11.8 Å². The van der Waals surface area contributed by atoms with Gasteiger partial charge in [-0.25, -0.2) is 4.39 Å². The van der Waals surface area contributed by atoms with Gasteiger partial charge < -0.3 is 9.80 Å². The summed E-state index contributed by atoms with van der Waals surface area (Å²) >= 11 is 0. The van der Waals surface area contributed by atoms with Gasteiger partial charge in [-0.15, -0.1) is 0 Å². The molecule has 0 aromatic heterocycles. The number of benzene rings is 2. The molecule has 1 unspecified atom stereocenters. The Labute approximate surface area is 180 Å². The van der Waals surface area contributed by atoms with Crippen LogP contribution in [-0.2, 0) is 16.0 Å². The van der Waals surface area contributed by atoms with Gasteiger partial charge in [-0.2, -0.15) is 0 Å². The number of anilines is 2. The Morgan fingerprint density at radius 1 is 1.10 bits per heavy atom. The number of aryl methyl sites for hydroxylation is 1. The second kappa shape index (κ2) is 7.18. The van der Waals surface area contributed by atoms with Gasteiger partial charge in [0, 0.05) is 31.6 Å². The van der Waals surface area contributed by atoms with Crippen LogP contribution in [-0.4, -0.2) is 41.4 Å². The Balaban J connectivity index is 1.41. The molecule has 0 radical (unpaired) electrons. The third kappa shape index (κ3) is 3.02. The number of nitrogens with zero attached hydrogens (tertiary/aromatic N) is 3. The highest BCUT2D eigenvalue weighted by atomic mass is 19.1. The van der Waals surface area contributed by atoms with Crippen molar-refractivity contribution in [1.82, 2.24) is 4.90 Å². The van der Waals surface area contributed by atoms with Crippen LogP contribution in [0.1, 0.15) is 48.5 Å². The van der Waals surface area contributed by atoms with Crippen LogP contribution < -0.4 is 9.80 Å². The van der Waals surface area contributed by atoms with Crippen molar-refractivity contribution >= 4 is 29.1 Å². The molecule has 3 aliphatic rings. The molecule has 3 amide bonds.